The molecule has 0 aromatic carbocycles. The van der Waals surface area contributed by atoms with Gasteiger partial charge in [-0.3, -0.25) is 4.79 Å². The number of carbonyl (C=O) groups excluding carboxylic acids is 1. The van der Waals surface area contributed by atoms with Crippen molar-refractivity contribution in [2.24, 2.45) is 5.92 Å². The van der Waals surface area contributed by atoms with Crippen molar-refractivity contribution in [3.8, 4) is 0 Å². The quantitative estimate of drug-likeness (QED) is 0.795. The maximum Gasteiger partial charge on any atom is 0.223 e. The molecule has 0 saturated carbocycles. The Labute approximate surface area is 99.6 Å². The van der Waals surface area contributed by atoms with Gasteiger partial charge in [-0.25, -0.2) is 0 Å². The molecule has 1 aliphatic heterocycles. The summed E-state index contributed by atoms with van der Waals surface area (Å²) in [6.07, 6.45) is 3.03. The third-order valence-electron chi connectivity index (χ3n) is 3.32. The number of nitrogens with zero attached hydrogens (tertiary/aromatic N) is 1. The number of hydrogen-bond acceptors (Lipinski definition) is 2. The fraction of sp³-hybridized carbons (Fsp3) is 0.923. The third kappa shape index (κ3) is 3.78. The predicted molar refractivity (Wildman–Crippen MR) is 67.3 cm³/mol. The van der Waals surface area contributed by atoms with Gasteiger partial charge in [0.15, 0.2) is 0 Å². The summed E-state index contributed by atoms with van der Waals surface area (Å²) >= 11 is 0. The smallest absolute Gasteiger partial charge is 0.223 e. The van der Waals surface area contributed by atoms with Crippen molar-refractivity contribution in [1.29, 1.82) is 0 Å². The summed E-state index contributed by atoms with van der Waals surface area (Å²) in [5.74, 6) is 0.922. The zero-order valence-electron chi connectivity index (χ0n) is 11.1. The molecular weight excluding hydrogens is 200 g/mol. The Kier molecular flexibility index (Phi) is 5.26. The van der Waals surface area contributed by atoms with Gasteiger partial charge in [-0.15, -0.1) is 0 Å². The molecule has 1 fully saturated rings. The van der Waals surface area contributed by atoms with E-state index in [0.717, 1.165) is 32.4 Å². The molecule has 1 amide bonds. The highest BCUT2D eigenvalue weighted by atomic mass is 16.2. The minimum atomic E-state index is 0.314. The van der Waals surface area contributed by atoms with Crippen molar-refractivity contribution in [2.45, 2.75) is 59.0 Å². The molecule has 1 aliphatic rings. The summed E-state index contributed by atoms with van der Waals surface area (Å²) in [6.45, 7) is 10.5. The van der Waals surface area contributed by atoms with E-state index in [1.165, 1.54) is 0 Å². The molecule has 0 aromatic rings. The van der Waals surface area contributed by atoms with Gasteiger partial charge < -0.3 is 10.2 Å². The van der Waals surface area contributed by atoms with Gasteiger partial charge in [0.2, 0.25) is 5.91 Å². The van der Waals surface area contributed by atoms with Crippen LogP contribution in [0.1, 0.15) is 47.0 Å². The minimum Gasteiger partial charge on any atom is -0.338 e. The third-order valence-corrected chi connectivity index (χ3v) is 3.32. The van der Waals surface area contributed by atoms with E-state index in [-0.39, 0.29) is 0 Å². The van der Waals surface area contributed by atoms with E-state index in [9.17, 15) is 4.79 Å². The summed E-state index contributed by atoms with van der Waals surface area (Å²) in [6, 6.07) is 0.628. The molecule has 0 radical (unpaired) electrons. The van der Waals surface area contributed by atoms with Crippen molar-refractivity contribution in [3.05, 3.63) is 0 Å². The molecule has 0 aliphatic carbocycles. The van der Waals surface area contributed by atoms with Crippen molar-refractivity contribution in [3.63, 3.8) is 0 Å². The van der Waals surface area contributed by atoms with Gasteiger partial charge in [-0.2, -0.15) is 0 Å². The van der Waals surface area contributed by atoms with Crippen LogP contribution in [0.4, 0.5) is 0 Å². The second-order valence-corrected chi connectivity index (χ2v) is 5.39. The average Bonchev–Trinajstić information content (AvgIpc) is 2.17. The second kappa shape index (κ2) is 6.24. The molecule has 16 heavy (non-hydrogen) atoms. The Bertz CT molecular complexity index is 212. The second-order valence-electron chi connectivity index (χ2n) is 5.39. The van der Waals surface area contributed by atoms with Gasteiger partial charge in [-0.1, -0.05) is 0 Å². The van der Waals surface area contributed by atoms with Gasteiger partial charge >= 0.3 is 0 Å². The van der Waals surface area contributed by atoms with Crippen molar-refractivity contribution >= 4 is 5.91 Å². The average molecular weight is 226 g/mol. The molecule has 0 spiro atoms. The molecule has 0 unspecified atom stereocenters. The van der Waals surface area contributed by atoms with E-state index in [1.54, 1.807) is 0 Å². The molecule has 3 nitrogen and oxygen atoms in total. The molecule has 0 aromatic heterocycles. The van der Waals surface area contributed by atoms with E-state index in [0.29, 0.717) is 23.9 Å². The Balaban J connectivity index is 2.47. The standard InChI is InChI=1S/C13H26N2O/c1-10(2)15(11(3)4)13(16)9-12-5-7-14-8-6-12/h10-12,14H,5-9H2,1-4H3. The van der Waals surface area contributed by atoms with Crippen LogP contribution in [0.3, 0.4) is 0 Å². The first-order valence-electron chi connectivity index (χ1n) is 6.54. The lowest BCUT2D eigenvalue weighted by Gasteiger charge is -2.33. The Morgan fingerprint density at radius 2 is 1.69 bits per heavy atom. The van der Waals surface area contributed by atoms with E-state index < -0.39 is 0 Å². The van der Waals surface area contributed by atoms with Crippen LogP contribution in [0.25, 0.3) is 0 Å². The highest BCUT2D eigenvalue weighted by Gasteiger charge is 2.24. The van der Waals surface area contributed by atoms with Gasteiger partial charge in [0, 0.05) is 18.5 Å². The van der Waals surface area contributed by atoms with Gasteiger partial charge in [0.05, 0.1) is 0 Å². The topological polar surface area (TPSA) is 32.3 Å². The first-order chi connectivity index (χ1) is 7.52. The lowest BCUT2D eigenvalue weighted by Crippen LogP contribution is -2.43. The summed E-state index contributed by atoms with van der Waals surface area (Å²) in [5.41, 5.74) is 0. The predicted octanol–water partition coefficient (Wildman–Crippen LogP) is 2.02. The van der Waals surface area contributed by atoms with Crippen LogP contribution in [0.2, 0.25) is 0 Å². The minimum absolute atomic E-state index is 0.314. The summed E-state index contributed by atoms with van der Waals surface area (Å²) < 4.78 is 0. The normalized spacial score (nSPS) is 18.1. The summed E-state index contributed by atoms with van der Waals surface area (Å²) in [7, 11) is 0. The number of nitrogens with one attached hydrogen (secondary N) is 1. The lowest BCUT2D eigenvalue weighted by atomic mass is 9.93. The van der Waals surface area contributed by atoms with Gasteiger partial charge in [0.1, 0.15) is 0 Å². The summed E-state index contributed by atoms with van der Waals surface area (Å²) in [4.78, 5) is 14.2. The molecule has 1 heterocycles. The van der Waals surface area contributed by atoms with Gasteiger partial charge in [0.25, 0.3) is 0 Å². The van der Waals surface area contributed by atoms with Crippen molar-refractivity contribution < 1.29 is 4.79 Å². The Hall–Kier alpha value is -0.570. The van der Waals surface area contributed by atoms with Crippen LogP contribution in [-0.4, -0.2) is 36.0 Å². The molecule has 1 saturated heterocycles. The van der Waals surface area contributed by atoms with E-state index in [1.807, 2.05) is 4.90 Å². The van der Waals surface area contributed by atoms with Crippen molar-refractivity contribution in [2.75, 3.05) is 13.1 Å². The summed E-state index contributed by atoms with van der Waals surface area (Å²) in [5, 5.41) is 3.34. The first kappa shape index (κ1) is 13.5. The fourth-order valence-corrected chi connectivity index (χ4v) is 2.61. The van der Waals surface area contributed by atoms with E-state index in [4.69, 9.17) is 0 Å². The maximum atomic E-state index is 12.2. The lowest BCUT2D eigenvalue weighted by molar-refractivity contribution is -0.136. The number of rotatable bonds is 4. The first-order valence-corrected chi connectivity index (χ1v) is 6.54. The Morgan fingerprint density at radius 3 is 2.12 bits per heavy atom. The molecule has 94 valence electrons. The van der Waals surface area contributed by atoms with E-state index >= 15 is 0 Å². The molecule has 1 N–H and O–H groups in total. The highest BCUT2D eigenvalue weighted by Crippen LogP contribution is 2.19. The maximum absolute atomic E-state index is 12.2. The number of piperidine rings is 1. The number of amides is 1. The van der Waals surface area contributed by atoms with Crippen molar-refractivity contribution in [1.82, 2.24) is 10.2 Å². The number of carbonyl (C=O) groups is 1. The van der Waals surface area contributed by atoms with Crippen LogP contribution < -0.4 is 5.32 Å². The monoisotopic (exact) mass is 226 g/mol. The van der Waals surface area contributed by atoms with Gasteiger partial charge in [-0.05, 0) is 59.5 Å². The molecule has 0 atom stereocenters. The SMILES string of the molecule is CC(C)N(C(=O)CC1CCNCC1)C(C)C. The van der Waals surface area contributed by atoms with Crippen LogP contribution in [0.5, 0.6) is 0 Å². The van der Waals surface area contributed by atoms with Crippen LogP contribution in [-0.2, 0) is 4.79 Å². The van der Waals surface area contributed by atoms with Crippen LogP contribution in [0.15, 0.2) is 0 Å². The zero-order chi connectivity index (χ0) is 12.1. The zero-order valence-corrected chi connectivity index (χ0v) is 11.1. The van der Waals surface area contributed by atoms with Crippen LogP contribution >= 0.6 is 0 Å². The number of hydrogen-bond donors (Lipinski definition) is 1. The largest absolute Gasteiger partial charge is 0.338 e. The molecular formula is C13H26N2O. The molecule has 3 heteroatoms. The highest BCUT2D eigenvalue weighted by molar-refractivity contribution is 5.77. The fourth-order valence-electron chi connectivity index (χ4n) is 2.61. The molecule has 0 bridgehead atoms. The molecule has 1 rings (SSSR count). The Morgan fingerprint density at radius 1 is 1.19 bits per heavy atom. The van der Waals surface area contributed by atoms with Crippen LogP contribution in [0, 0.1) is 5.92 Å². The van der Waals surface area contributed by atoms with E-state index in [2.05, 4.69) is 33.0 Å².